The maximum Gasteiger partial charge on any atom is 0.360 e. The van der Waals surface area contributed by atoms with Crippen LogP contribution in [-0.2, 0) is 9.59 Å². The van der Waals surface area contributed by atoms with Gasteiger partial charge in [0.15, 0.2) is 5.71 Å². The first kappa shape index (κ1) is 9.39. The number of nitrogens with zero attached hydrogens (tertiary/aromatic N) is 1. The van der Waals surface area contributed by atoms with E-state index in [1.807, 2.05) is 6.07 Å². The molecule has 0 spiro atoms. The minimum Gasteiger partial charge on any atom is -0.422 e. The predicted octanol–water partition coefficient (Wildman–Crippen LogP) is 0.468. The number of ether oxygens (including phenoxy) is 1. The molecule has 1 aliphatic heterocycles. The topological polar surface area (TPSA) is 67.8 Å². The van der Waals surface area contributed by atoms with Crippen molar-refractivity contribution in [3.8, 4) is 5.75 Å². The molecule has 0 saturated carbocycles. The van der Waals surface area contributed by atoms with Gasteiger partial charge in [-0.1, -0.05) is 18.2 Å². The number of para-hydroxylation sites is 1. The smallest absolute Gasteiger partial charge is 0.360 e. The molecule has 0 bridgehead atoms. The van der Waals surface area contributed by atoms with Crippen LogP contribution in [0.15, 0.2) is 35.4 Å². The van der Waals surface area contributed by atoms with Gasteiger partial charge in [-0.05, 0) is 12.1 Å². The molecule has 2 rings (SSSR count). The van der Waals surface area contributed by atoms with Gasteiger partial charge in [-0.2, -0.15) is 5.10 Å². The zero-order valence-corrected chi connectivity index (χ0v) is 7.77. The van der Waals surface area contributed by atoms with Gasteiger partial charge in [0.1, 0.15) is 5.75 Å². The van der Waals surface area contributed by atoms with Crippen molar-refractivity contribution >= 4 is 17.6 Å². The van der Waals surface area contributed by atoms with Gasteiger partial charge in [0.25, 0.3) is 0 Å². The molecule has 76 valence electrons. The van der Waals surface area contributed by atoms with Gasteiger partial charge in [-0.25, -0.2) is 10.2 Å². The summed E-state index contributed by atoms with van der Waals surface area (Å²) in [6, 6.07) is 8.63. The molecule has 5 heteroatoms. The van der Waals surface area contributed by atoms with Crippen LogP contribution in [-0.4, -0.2) is 17.6 Å². The van der Waals surface area contributed by atoms with Crippen molar-refractivity contribution in [2.75, 3.05) is 0 Å². The monoisotopic (exact) mass is 204 g/mol. The van der Waals surface area contributed by atoms with E-state index in [2.05, 4.69) is 10.5 Å². The molecule has 0 aliphatic carbocycles. The van der Waals surface area contributed by atoms with E-state index < -0.39 is 5.97 Å². The number of esters is 1. The lowest BCUT2D eigenvalue weighted by Gasteiger charge is -2.01. The van der Waals surface area contributed by atoms with Crippen molar-refractivity contribution in [3.05, 3.63) is 30.3 Å². The second-order valence-corrected chi connectivity index (χ2v) is 2.97. The SMILES string of the molecule is O=C1CC(C(=O)Oc2ccccc2)=NN1. The highest BCUT2D eigenvalue weighted by Gasteiger charge is 2.23. The van der Waals surface area contributed by atoms with Gasteiger partial charge in [0.05, 0.1) is 6.42 Å². The number of hydrazone groups is 1. The van der Waals surface area contributed by atoms with E-state index in [4.69, 9.17) is 4.74 Å². The van der Waals surface area contributed by atoms with Crippen molar-refractivity contribution in [1.82, 2.24) is 5.43 Å². The number of rotatable bonds is 2. The zero-order valence-electron chi connectivity index (χ0n) is 7.77. The second-order valence-electron chi connectivity index (χ2n) is 2.97. The van der Waals surface area contributed by atoms with Gasteiger partial charge in [0.2, 0.25) is 5.91 Å². The third-order valence-electron chi connectivity index (χ3n) is 1.83. The highest BCUT2D eigenvalue weighted by atomic mass is 16.5. The van der Waals surface area contributed by atoms with E-state index in [0.717, 1.165) is 0 Å². The summed E-state index contributed by atoms with van der Waals surface area (Å²) in [6.07, 6.45) is -0.0222. The Bertz CT molecular complexity index is 426. The van der Waals surface area contributed by atoms with Crippen LogP contribution in [0.25, 0.3) is 0 Å². The minimum atomic E-state index is -0.598. The first-order chi connectivity index (χ1) is 7.25. The van der Waals surface area contributed by atoms with E-state index in [9.17, 15) is 9.59 Å². The number of nitrogens with one attached hydrogen (secondary N) is 1. The molecule has 0 saturated heterocycles. The Morgan fingerprint density at radius 1 is 1.33 bits per heavy atom. The first-order valence-electron chi connectivity index (χ1n) is 4.38. The minimum absolute atomic E-state index is 0.0222. The van der Waals surface area contributed by atoms with E-state index in [1.54, 1.807) is 24.3 Å². The summed E-state index contributed by atoms with van der Waals surface area (Å²) in [6.45, 7) is 0. The van der Waals surface area contributed by atoms with Crippen molar-refractivity contribution < 1.29 is 14.3 Å². The van der Waals surface area contributed by atoms with Crippen LogP contribution in [0.1, 0.15) is 6.42 Å². The van der Waals surface area contributed by atoms with Crippen LogP contribution in [0.3, 0.4) is 0 Å². The Kier molecular flexibility index (Phi) is 2.45. The van der Waals surface area contributed by atoms with Gasteiger partial charge in [-0.15, -0.1) is 0 Å². The molecule has 15 heavy (non-hydrogen) atoms. The summed E-state index contributed by atoms with van der Waals surface area (Å²) in [4.78, 5) is 22.2. The van der Waals surface area contributed by atoms with E-state index in [0.29, 0.717) is 5.75 Å². The average Bonchev–Trinajstić information content (AvgIpc) is 2.66. The number of carbonyl (C=O) groups is 2. The fourth-order valence-corrected chi connectivity index (χ4v) is 1.13. The Morgan fingerprint density at radius 3 is 2.67 bits per heavy atom. The lowest BCUT2D eigenvalue weighted by Crippen LogP contribution is -2.19. The standard InChI is InChI=1S/C10H8N2O3/c13-9-6-8(11-12-9)10(14)15-7-4-2-1-3-5-7/h1-5H,6H2,(H,12,13). The number of hydrogen-bond donors (Lipinski definition) is 1. The van der Waals surface area contributed by atoms with Crippen LogP contribution in [0, 0.1) is 0 Å². The molecule has 1 aliphatic rings. The highest BCUT2D eigenvalue weighted by molar-refractivity contribution is 6.41. The molecule has 0 atom stereocenters. The van der Waals surface area contributed by atoms with Crippen LogP contribution in [0.4, 0.5) is 0 Å². The van der Waals surface area contributed by atoms with E-state index in [1.165, 1.54) is 0 Å². The Balaban J connectivity index is 2.02. The molecule has 1 aromatic rings. The van der Waals surface area contributed by atoms with Crippen molar-refractivity contribution in [1.29, 1.82) is 0 Å². The molecular weight excluding hydrogens is 196 g/mol. The van der Waals surface area contributed by atoms with Crippen LogP contribution in [0.5, 0.6) is 5.75 Å². The fourth-order valence-electron chi connectivity index (χ4n) is 1.13. The van der Waals surface area contributed by atoms with E-state index >= 15 is 0 Å². The third-order valence-corrected chi connectivity index (χ3v) is 1.83. The Labute approximate surface area is 85.7 Å². The maximum absolute atomic E-state index is 11.4. The summed E-state index contributed by atoms with van der Waals surface area (Å²) in [5.74, 6) is -0.459. The molecule has 1 heterocycles. The molecule has 0 aromatic heterocycles. The predicted molar refractivity (Wildman–Crippen MR) is 52.3 cm³/mol. The lowest BCUT2D eigenvalue weighted by atomic mass is 10.3. The Morgan fingerprint density at radius 2 is 2.07 bits per heavy atom. The zero-order chi connectivity index (χ0) is 10.7. The summed E-state index contributed by atoms with van der Waals surface area (Å²) >= 11 is 0. The summed E-state index contributed by atoms with van der Waals surface area (Å²) < 4.78 is 4.98. The molecule has 0 radical (unpaired) electrons. The molecule has 0 unspecified atom stereocenters. The summed E-state index contributed by atoms with van der Waals surface area (Å²) in [7, 11) is 0. The Hall–Kier alpha value is -2.17. The second kappa shape index (κ2) is 3.91. The molecule has 1 N–H and O–H groups in total. The van der Waals surface area contributed by atoms with Crippen molar-refractivity contribution in [3.63, 3.8) is 0 Å². The van der Waals surface area contributed by atoms with Crippen LogP contribution in [0.2, 0.25) is 0 Å². The summed E-state index contributed by atoms with van der Waals surface area (Å²) in [5, 5.41) is 3.56. The number of carbonyl (C=O) groups excluding carboxylic acids is 2. The number of hydrogen-bond acceptors (Lipinski definition) is 4. The first-order valence-corrected chi connectivity index (χ1v) is 4.38. The van der Waals surface area contributed by atoms with Gasteiger partial charge in [0, 0.05) is 0 Å². The molecule has 0 fully saturated rings. The van der Waals surface area contributed by atoms with Crippen molar-refractivity contribution in [2.24, 2.45) is 5.10 Å². The number of benzene rings is 1. The quantitative estimate of drug-likeness (QED) is 0.562. The maximum atomic E-state index is 11.4. The summed E-state index contributed by atoms with van der Waals surface area (Å²) in [5.41, 5.74) is 2.29. The largest absolute Gasteiger partial charge is 0.422 e. The molecular formula is C10H8N2O3. The number of amides is 1. The van der Waals surface area contributed by atoms with Gasteiger partial charge in [-0.3, -0.25) is 4.79 Å². The van der Waals surface area contributed by atoms with Crippen LogP contribution >= 0.6 is 0 Å². The molecule has 1 aromatic carbocycles. The average molecular weight is 204 g/mol. The normalized spacial score (nSPS) is 14.4. The van der Waals surface area contributed by atoms with Gasteiger partial charge < -0.3 is 4.74 Å². The molecule has 1 amide bonds. The molecule has 5 nitrogen and oxygen atoms in total. The van der Waals surface area contributed by atoms with E-state index in [-0.39, 0.29) is 18.0 Å². The third kappa shape index (κ3) is 2.19. The van der Waals surface area contributed by atoms with Gasteiger partial charge >= 0.3 is 5.97 Å². The van der Waals surface area contributed by atoms with Crippen LogP contribution < -0.4 is 10.2 Å². The lowest BCUT2D eigenvalue weighted by molar-refractivity contribution is -0.127. The van der Waals surface area contributed by atoms with Crippen molar-refractivity contribution in [2.45, 2.75) is 6.42 Å². The highest BCUT2D eigenvalue weighted by Crippen LogP contribution is 2.09. The fraction of sp³-hybridized carbons (Fsp3) is 0.100.